The molecule has 0 amide bonds. The van der Waals surface area contributed by atoms with Crippen molar-refractivity contribution in [1.82, 2.24) is 4.98 Å². The molecule has 1 aromatic carbocycles. The van der Waals surface area contributed by atoms with Crippen LogP contribution in [-0.4, -0.2) is 29.5 Å². The minimum atomic E-state index is -0.927. The molecule has 0 fully saturated rings. The van der Waals surface area contributed by atoms with E-state index in [2.05, 4.69) is 9.83 Å². The number of hydrogen-bond acceptors (Lipinski definition) is 6. The maximum absolute atomic E-state index is 11.0. The molecule has 2 aromatic rings. The maximum atomic E-state index is 11.0. The predicted octanol–water partition coefficient (Wildman–Crippen LogP) is 3.04. The molecule has 0 bridgehead atoms. The fraction of sp³-hybridized carbons (Fsp3) is 0.278. The van der Waals surface area contributed by atoms with E-state index in [1.807, 2.05) is 0 Å². The number of benzene rings is 1. The number of ether oxygens (including phenoxy) is 2. The van der Waals surface area contributed by atoms with Crippen LogP contribution < -0.4 is 14.9 Å². The highest BCUT2D eigenvalue weighted by Crippen LogP contribution is 2.36. The van der Waals surface area contributed by atoms with Gasteiger partial charge in [-0.05, 0) is 42.6 Å². The van der Waals surface area contributed by atoms with E-state index >= 15 is 0 Å². The molecule has 1 aliphatic rings. The van der Waals surface area contributed by atoms with E-state index < -0.39 is 7.12 Å². The molecule has 27 heavy (non-hydrogen) atoms. The van der Waals surface area contributed by atoms with Crippen molar-refractivity contribution in [1.29, 1.82) is 0 Å². The number of ketones is 1. The molecular weight excluding hydrogens is 370 g/mol. The number of hydrogen-bond donors (Lipinski definition) is 1. The second-order valence-electron chi connectivity index (χ2n) is 5.99. The molecule has 0 atom stereocenters. The largest absolute Gasteiger partial charge is 0.491 e. The predicted molar refractivity (Wildman–Crippen MR) is 99.8 cm³/mol. The number of fused-ring (bicyclic) bond motifs is 1. The molecule has 0 spiro atoms. The Morgan fingerprint density at radius 2 is 2.26 bits per heavy atom. The Bertz CT molecular complexity index is 915. The van der Waals surface area contributed by atoms with Gasteiger partial charge in [-0.3, -0.25) is 0 Å². The van der Waals surface area contributed by atoms with E-state index in [-0.39, 0.29) is 41.5 Å². The number of halogens is 1. The topological polar surface area (TPSA) is 82.2 Å². The summed E-state index contributed by atoms with van der Waals surface area (Å²) in [6, 6.07) is 6.55. The quantitative estimate of drug-likeness (QED) is 0.447. The van der Waals surface area contributed by atoms with Gasteiger partial charge in [-0.15, -0.1) is 0 Å². The molecule has 1 N–H and O–H groups in total. The lowest BCUT2D eigenvalue weighted by atomic mass is 9.80. The Labute approximate surface area is 161 Å². The minimum absolute atomic E-state index is 0.0720. The Morgan fingerprint density at radius 1 is 1.44 bits per heavy atom. The first-order valence-corrected chi connectivity index (χ1v) is 8.66. The summed E-state index contributed by atoms with van der Waals surface area (Å²) in [6.07, 6.45) is 0.924. The summed E-state index contributed by atoms with van der Waals surface area (Å²) < 4.78 is 16.4. The van der Waals surface area contributed by atoms with Crippen molar-refractivity contribution in [2.24, 2.45) is 0 Å². The standard InChI is InChI=1S/C18H16BClN2O5/c1-11(23)4-3-7-25-18-16(21-2)9-15(20)17(22-18)27-13-5-6-14-12(8-13)10-26-19(14)24/h5-6,8-9,24H,3-4,7,10H2,1H3. The number of nitrogens with zero attached hydrogens (tertiary/aromatic N) is 2. The summed E-state index contributed by atoms with van der Waals surface area (Å²) in [5, 5.41) is 9.85. The van der Waals surface area contributed by atoms with Gasteiger partial charge >= 0.3 is 7.12 Å². The van der Waals surface area contributed by atoms with Crippen molar-refractivity contribution in [2.45, 2.75) is 26.4 Å². The van der Waals surface area contributed by atoms with Crippen molar-refractivity contribution in [2.75, 3.05) is 6.61 Å². The number of carbonyl (C=O) groups excluding carboxylic acids is 1. The second-order valence-corrected chi connectivity index (χ2v) is 6.40. The monoisotopic (exact) mass is 386 g/mol. The van der Waals surface area contributed by atoms with Gasteiger partial charge in [0.05, 0.1) is 24.8 Å². The average Bonchev–Trinajstić information content (AvgIpc) is 3.01. The Balaban J connectivity index is 1.78. The van der Waals surface area contributed by atoms with Crippen molar-refractivity contribution >= 4 is 35.7 Å². The van der Waals surface area contributed by atoms with Crippen LogP contribution in [0.5, 0.6) is 17.5 Å². The van der Waals surface area contributed by atoms with E-state index in [0.717, 1.165) is 5.56 Å². The molecule has 0 saturated heterocycles. The summed E-state index contributed by atoms with van der Waals surface area (Å²) in [5.74, 6) is 0.750. The van der Waals surface area contributed by atoms with Crippen molar-refractivity contribution in [3.05, 3.63) is 46.3 Å². The zero-order valence-electron chi connectivity index (χ0n) is 14.6. The highest BCUT2D eigenvalue weighted by atomic mass is 35.5. The van der Waals surface area contributed by atoms with E-state index in [9.17, 15) is 9.82 Å². The molecule has 3 rings (SSSR count). The molecule has 1 aromatic heterocycles. The van der Waals surface area contributed by atoms with Crippen LogP contribution in [0.4, 0.5) is 5.69 Å². The van der Waals surface area contributed by atoms with Crippen LogP contribution in [0, 0.1) is 6.57 Å². The van der Waals surface area contributed by atoms with Gasteiger partial charge in [0.2, 0.25) is 17.4 Å². The van der Waals surface area contributed by atoms with Crippen molar-refractivity contribution in [3.63, 3.8) is 0 Å². The highest BCUT2D eigenvalue weighted by Gasteiger charge is 2.27. The summed E-state index contributed by atoms with van der Waals surface area (Å²) in [4.78, 5) is 18.6. The van der Waals surface area contributed by atoms with Crippen LogP contribution in [0.3, 0.4) is 0 Å². The molecule has 9 heteroatoms. The average molecular weight is 387 g/mol. The molecule has 138 valence electrons. The molecule has 2 heterocycles. The van der Waals surface area contributed by atoms with Crippen LogP contribution in [0.2, 0.25) is 5.02 Å². The van der Waals surface area contributed by atoms with Crippen LogP contribution in [-0.2, 0) is 16.1 Å². The van der Waals surface area contributed by atoms with Crippen LogP contribution in [0.25, 0.3) is 4.85 Å². The third kappa shape index (κ3) is 4.58. The first-order valence-electron chi connectivity index (χ1n) is 8.28. The zero-order chi connectivity index (χ0) is 19.4. The lowest BCUT2D eigenvalue weighted by molar-refractivity contribution is -0.117. The first-order chi connectivity index (χ1) is 13.0. The fourth-order valence-electron chi connectivity index (χ4n) is 2.58. The van der Waals surface area contributed by atoms with Gasteiger partial charge in [0.15, 0.2) is 0 Å². The first kappa shape index (κ1) is 19.2. The van der Waals surface area contributed by atoms with Crippen molar-refractivity contribution in [3.8, 4) is 17.5 Å². The Morgan fingerprint density at radius 3 is 3.00 bits per heavy atom. The van der Waals surface area contributed by atoms with Crippen LogP contribution in [0.1, 0.15) is 25.3 Å². The number of rotatable bonds is 7. The van der Waals surface area contributed by atoms with Gasteiger partial charge in [0, 0.05) is 6.42 Å². The Kier molecular flexibility index (Phi) is 5.96. The van der Waals surface area contributed by atoms with Gasteiger partial charge in [-0.1, -0.05) is 17.7 Å². The second kappa shape index (κ2) is 8.40. The van der Waals surface area contributed by atoms with Gasteiger partial charge < -0.3 is 23.9 Å². The molecule has 0 unspecified atom stereocenters. The highest BCUT2D eigenvalue weighted by molar-refractivity contribution is 6.61. The maximum Gasteiger partial charge on any atom is 0.491 e. The smallest absolute Gasteiger partial charge is 0.486 e. The third-order valence-electron chi connectivity index (χ3n) is 3.91. The molecule has 7 nitrogen and oxygen atoms in total. The SMILES string of the molecule is [C-]#[N+]c1cc(Cl)c(Oc2ccc3c(c2)COB3O)nc1OCCCC(C)=O. The van der Waals surface area contributed by atoms with Gasteiger partial charge in [0.1, 0.15) is 11.5 Å². The molecule has 1 aliphatic heterocycles. The lowest BCUT2D eigenvalue weighted by Crippen LogP contribution is -2.27. The van der Waals surface area contributed by atoms with E-state index in [1.165, 1.54) is 13.0 Å². The number of carbonyl (C=O) groups is 1. The fourth-order valence-corrected chi connectivity index (χ4v) is 2.76. The van der Waals surface area contributed by atoms with E-state index in [1.54, 1.807) is 18.2 Å². The minimum Gasteiger partial charge on any atom is -0.486 e. The van der Waals surface area contributed by atoms with Crippen LogP contribution >= 0.6 is 11.6 Å². The molecule has 0 aliphatic carbocycles. The van der Waals surface area contributed by atoms with Gasteiger partial charge in [-0.25, -0.2) is 4.85 Å². The van der Waals surface area contributed by atoms with Gasteiger partial charge in [0.25, 0.3) is 0 Å². The van der Waals surface area contributed by atoms with Gasteiger partial charge in [-0.2, -0.15) is 4.98 Å². The molecule has 0 saturated carbocycles. The summed E-state index contributed by atoms with van der Waals surface area (Å²) >= 11 is 6.18. The van der Waals surface area contributed by atoms with E-state index in [0.29, 0.717) is 24.1 Å². The summed E-state index contributed by atoms with van der Waals surface area (Å²) in [6.45, 7) is 9.29. The third-order valence-corrected chi connectivity index (χ3v) is 4.18. The number of pyridine rings is 1. The lowest BCUT2D eigenvalue weighted by Gasteiger charge is -2.12. The van der Waals surface area contributed by atoms with Crippen LogP contribution in [0.15, 0.2) is 24.3 Å². The normalized spacial score (nSPS) is 12.4. The summed E-state index contributed by atoms with van der Waals surface area (Å²) in [7, 11) is -0.927. The van der Waals surface area contributed by atoms with E-state index in [4.69, 9.17) is 32.3 Å². The summed E-state index contributed by atoms with van der Waals surface area (Å²) in [5.41, 5.74) is 1.68. The molecular formula is C18H16BClN2O5. The zero-order valence-corrected chi connectivity index (χ0v) is 15.3. The number of Topliss-reactive ketones (excluding diaryl/α,β-unsaturated/α-hetero) is 1. The van der Waals surface area contributed by atoms with Crippen molar-refractivity contribution < 1.29 is 23.9 Å². The Hall–Kier alpha value is -2.60. The molecule has 0 radical (unpaired) electrons. The number of aromatic nitrogens is 1.